The Bertz CT molecular complexity index is 3080. The smallest absolute Gasteiger partial charge is 0.346 e. The topological polar surface area (TPSA) is 129 Å². The molecule has 11 heteroatoms. The average molecular weight is 1160 g/mol. The van der Waals surface area contributed by atoms with Gasteiger partial charge in [-0.05, 0) is 120 Å². The Kier molecular flexibility index (Phi) is 27.3. The molecule has 0 radical (unpaired) electrons. The summed E-state index contributed by atoms with van der Waals surface area (Å²) in [7, 11) is 0. The lowest BCUT2D eigenvalue weighted by Gasteiger charge is -2.12. The van der Waals surface area contributed by atoms with Crippen LogP contribution in [0.3, 0.4) is 0 Å². The maximum Gasteiger partial charge on any atom is 0.346 e. The molecule has 9 nitrogen and oxygen atoms in total. The summed E-state index contributed by atoms with van der Waals surface area (Å²) in [6.07, 6.45) is 33.8. The lowest BCUT2D eigenvalue weighted by Crippen LogP contribution is -2.15. The summed E-state index contributed by atoms with van der Waals surface area (Å²) in [6.45, 7) is 4.51. The lowest BCUT2D eigenvalue weighted by atomic mass is 10.00. The minimum atomic E-state index is -1.20. The van der Waals surface area contributed by atoms with Crippen LogP contribution >= 0.6 is 0 Å². The SMILES string of the molecule is CCCCCCCCCCCCCCc1ccc(-c2ccc(C(=O)Oc3ccc(C(=O)Oc4cccc(OC(=O)c5ccc(OC(=O)c6ccc(-c7ccc(CCCCCCCCCCCCCC)cc7)cc6)cc5F)c4C#N)c(F)c3)cc2)cc1. The largest absolute Gasteiger partial charge is 0.423 e. The molecule has 7 aromatic rings. The van der Waals surface area contributed by atoms with Crippen LogP contribution < -0.4 is 18.9 Å². The maximum atomic E-state index is 15.4. The molecule has 7 aromatic carbocycles. The highest BCUT2D eigenvalue weighted by Crippen LogP contribution is 2.32. The first-order valence-corrected chi connectivity index (χ1v) is 31.4. The van der Waals surface area contributed by atoms with E-state index in [9.17, 15) is 24.4 Å². The van der Waals surface area contributed by atoms with Crippen molar-refractivity contribution in [2.75, 3.05) is 0 Å². The molecule has 7 rings (SSSR count). The van der Waals surface area contributed by atoms with E-state index in [1.165, 1.54) is 196 Å². The van der Waals surface area contributed by atoms with Crippen LogP contribution in [0.1, 0.15) is 226 Å². The third kappa shape index (κ3) is 21.1. The molecule has 0 N–H and O–H groups in total. The molecular formula is C75H83F2NO8. The summed E-state index contributed by atoms with van der Waals surface area (Å²) in [6, 6.07) is 42.6. The van der Waals surface area contributed by atoms with Gasteiger partial charge in [0, 0.05) is 12.1 Å². The number of benzene rings is 7. The molecule has 0 unspecified atom stereocenters. The Labute approximate surface area is 508 Å². The Morgan fingerprint density at radius 3 is 0.965 bits per heavy atom. The van der Waals surface area contributed by atoms with E-state index in [-0.39, 0.29) is 34.1 Å². The zero-order valence-electron chi connectivity index (χ0n) is 50.3. The third-order valence-corrected chi connectivity index (χ3v) is 15.7. The first-order valence-electron chi connectivity index (χ1n) is 31.4. The molecule has 0 aliphatic heterocycles. The number of halogens is 2. The normalized spacial score (nSPS) is 11.0. The summed E-state index contributed by atoms with van der Waals surface area (Å²) < 4.78 is 52.5. The van der Waals surface area contributed by atoms with Crippen molar-refractivity contribution in [1.82, 2.24) is 0 Å². The fourth-order valence-corrected chi connectivity index (χ4v) is 10.5. The van der Waals surface area contributed by atoms with Crippen LogP contribution in [0.25, 0.3) is 22.3 Å². The van der Waals surface area contributed by atoms with E-state index in [0.717, 1.165) is 59.4 Å². The Morgan fingerprint density at radius 2 is 0.663 bits per heavy atom. The zero-order valence-corrected chi connectivity index (χ0v) is 50.3. The number of hydrogen-bond donors (Lipinski definition) is 0. The fourth-order valence-electron chi connectivity index (χ4n) is 10.5. The van der Waals surface area contributed by atoms with Gasteiger partial charge in [0.25, 0.3) is 0 Å². The zero-order chi connectivity index (χ0) is 60.7. The van der Waals surface area contributed by atoms with Crippen LogP contribution in [-0.4, -0.2) is 23.9 Å². The molecule has 0 heterocycles. The molecule has 0 spiro atoms. The van der Waals surface area contributed by atoms with Gasteiger partial charge in [-0.2, -0.15) is 5.26 Å². The Hall–Kier alpha value is -8.23. The molecule has 0 saturated heterocycles. The molecule has 0 atom stereocenters. The summed E-state index contributed by atoms with van der Waals surface area (Å²) in [5.41, 5.74) is 5.43. The molecule has 0 aliphatic rings. The quantitative estimate of drug-likeness (QED) is 0.0214. The number of carbonyl (C=O) groups excluding carboxylic acids is 4. The second kappa shape index (κ2) is 35.9. The van der Waals surface area contributed by atoms with Crippen LogP contribution in [0.2, 0.25) is 0 Å². The molecule has 86 heavy (non-hydrogen) atoms. The van der Waals surface area contributed by atoms with Crippen molar-refractivity contribution in [3.8, 4) is 51.3 Å². The maximum absolute atomic E-state index is 15.4. The predicted molar refractivity (Wildman–Crippen MR) is 337 cm³/mol. The van der Waals surface area contributed by atoms with Crippen LogP contribution in [-0.2, 0) is 12.8 Å². The van der Waals surface area contributed by atoms with Gasteiger partial charge in [0.05, 0.1) is 22.3 Å². The Morgan fingerprint density at radius 1 is 0.360 bits per heavy atom. The number of ether oxygens (including phenoxy) is 4. The van der Waals surface area contributed by atoms with Gasteiger partial charge in [-0.15, -0.1) is 0 Å². The third-order valence-electron chi connectivity index (χ3n) is 15.7. The van der Waals surface area contributed by atoms with Crippen molar-refractivity contribution in [3.05, 3.63) is 202 Å². The molecule has 450 valence electrons. The number of rotatable bonds is 36. The standard InChI is InChI=1S/C75H83F2NO8/c1-3-5-7-9-11-13-15-17-19-21-23-25-28-55-32-36-57(37-33-55)59-40-44-61(45-41-59)72(79)83-63-48-50-65(68(76)52-63)74(81)85-70-30-27-31-71(67(70)54-78)86-75(82)66-51-49-64(53-69(66)77)84-73(80)62-46-42-60(43-47-62)58-38-34-56(35-39-58)29-26-24-22-20-18-16-14-12-10-8-6-4-2/h27,30-53H,3-26,28-29H2,1-2H3. The van der Waals surface area contributed by atoms with Crippen LogP contribution in [0, 0.1) is 23.0 Å². The second-order valence-corrected chi connectivity index (χ2v) is 22.4. The highest BCUT2D eigenvalue weighted by atomic mass is 19.1. The van der Waals surface area contributed by atoms with E-state index in [1.54, 1.807) is 24.3 Å². The summed E-state index contributed by atoms with van der Waals surface area (Å²) in [5, 5.41) is 10.1. The van der Waals surface area contributed by atoms with Crippen molar-refractivity contribution in [1.29, 1.82) is 5.26 Å². The number of aryl methyl sites for hydroxylation is 2. The van der Waals surface area contributed by atoms with Crippen molar-refractivity contribution in [3.63, 3.8) is 0 Å². The van der Waals surface area contributed by atoms with Gasteiger partial charge in [-0.3, -0.25) is 0 Å². The van der Waals surface area contributed by atoms with Crippen molar-refractivity contribution < 1.29 is 46.9 Å². The van der Waals surface area contributed by atoms with Crippen molar-refractivity contribution in [2.45, 2.75) is 181 Å². The van der Waals surface area contributed by atoms with Crippen LogP contribution in [0.5, 0.6) is 23.0 Å². The van der Waals surface area contributed by atoms with E-state index in [2.05, 4.69) is 62.4 Å². The number of carbonyl (C=O) groups is 4. The average Bonchev–Trinajstić information content (AvgIpc) is 3.69. The van der Waals surface area contributed by atoms with Crippen LogP contribution in [0.15, 0.2) is 152 Å². The van der Waals surface area contributed by atoms with Gasteiger partial charge in [-0.25, -0.2) is 28.0 Å². The molecule has 0 fully saturated rings. The number of unbranched alkanes of at least 4 members (excludes halogenated alkanes) is 22. The highest BCUT2D eigenvalue weighted by molar-refractivity contribution is 5.95. The lowest BCUT2D eigenvalue weighted by molar-refractivity contribution is 0.0720. The number of nitriles is 1. The monoisotopic (exact) mass is 1160 g/mol. The van der Waals surface area contributed by atoms with Gasteiger partial charge in [-0.1, -0.05) is 234 Å². The summed E-state index contributed by atoms with van der Waals surface area (Å²) in [5.74, 6) is -7.09. The van der Waals surface area contributed by atoms with Crippen molar-refractivity contribution >= 4 is 23.9 Å². The van der Waals surface area contributed by atoms with Gasteiger partial charge in [0.2, 0.25) is 0 Å². The van der Waals surface area contributed by atoms with E-state index >= 15 is 8.78 Å². The minimum absolute atomic E-state index is 0.163. The van der Waals surface area contributed by atoms with Gasteiger partial charge in [0.1, 0.15) is 34.8 Å². The second-order valence-electron chi connectivity index (χ2n) is 22.4. The number of nitrogens with zero attached hydrogens (tertiary/aromatic N) is 1. The van der Waals surface area contributed by atoms with Gasteiger partial charge < -0.3 is 18.9 Å². The molecule has 0 aromatic heterocycles. The Balaban J connectivity index is 0.827. The molecule has 0 amide bonds. The van der Waals surface area contributed by atoms with E-state index in [4.69, 9.17) is 18.9 Å². The van der Waals surface area contributed by atoms with E-state index < -0.39 is 52.2 Å². The predicted octanol–water partition coefficient (Wildman–Crippen LogP) is 20.5. The van der Waals surface area contributed by atoms with E-state index in [0.29, 0.717) is 0 Å². The molecule has 0 saturated carbocycles. The number of hydrogen-bond acceptors (Lipinski definition) is 9. The van der Waals surface area contributed by atoms with Gasteiger partial charge >= 0.3 is 23.9 Å². The molecule has 0 aliphatic carbocycles. The summed E-state index contributed by atoms with van der Waals surface area (Å²) in [4.78, 5) is 52.7. The first-order chi connectivity index (χ1) is 42.0. The number of esters is 4. The highest BCUT2D eigenvalue weighted by Gasteiger charge is 2.23. The fraction of sp³-hybridized carbons (Fsp3) is 0.373. The van der Waals surface area contributed by atoms with Crippen LogP contribution in [0.4, 0.5) is 8.78 Å². The van der Waals surface area contributed by atoms with Gasteiger partial charge in [0.15, 0.2) is 11.5 Å². The van der Waals surface area contributed by atoms with E-state index in [1.807, 2.05) is 30.3 Å². The minimum Gasteiger partial charge on any atom is -0.423 e. The molecule has 0 bridgehead atoms. The van der Waals surface area contributed by atoms with Crippen molar-refractivity contribution in [2.24, 2.45) is 0 Å². The first kappa shape index (κ1) is 65.3. The molecular weight excluding hydrogens is 1080 g/mol. The summed E-state index contributed by atoms with van der Waals surface area (Å²) >= 11 is 0.